The molecule has 144 valence electrons. The van der Waals surface area contributed by atoms with Crippen molar-refractivity contribution < 1.29 is 14.3 Å². The molecule has 1 aromatic rings. The number of piperidine rings is 1. The van der Waals surface area contributed by atoms with E-state index >= 15 is 0 Å². The highest BCUT2D eigenvalue weighted by atomic mass is 32.2. The van der Waals surface area contributed by atoms with Gasteiger partial charge in [-0.1, -0.05) is 12.1 Å². The first kappa shape index (κ1) is 20.6. The van der Waals surface area contributed by atoms with Gasteiger partial charge >= 0.3 is 6.09 Å². The Morgan fingerprint density at radius 3 is 2.27 bits per heavy atom. The Hall–Kier alpha value is -1.69. The van der Waals surface area contributed by atoms with Crippen molar-refractivity contribution in [1.29, 1.82) is 0 Å². The van der Waals surface area contributed by atoms with Crippen LogP contribution in [0.3, 0.4) is 0 Å². The average molecular weight is 379 g/mol. The standard InChI is InChI=1S/C20H30N2O3S/c1-19(2,3)25-18(24)22-12-10-20(4,11-13-22)21-17(23)14-15-6-8-16(26-5)9-7-15/h6-9H,10-14H2,1-5H3,(H,21,23). The molecule has 1 N–H and O–H groups in total. The molecule has 2 rings (SSSR count). The third-order valence-corrected chi connectivity index (χ3v) is 5.23. The van der Waals surface area contributed by atoms with E-state index in [1.807, 2.05) is 58.2 Å². The largest absolute Gasteiger partial charge is 0.444 e. The topological polar surface area (TPSA) is 58.6 Å². The first-order chi connectivity index (χ1) is 12.1. The molecule has 1 saturated heterocycles. The molecular formula is C20H30N2O3S. The quantitative estimate of drug-likeness (QED) is 0.809. The Morgan fingerprint density at radius 1 is 1.19 bits per heavy atom. The Labute approximate surface area is 160 Å². The van der Waals surface area contributed by atoms with Crippen LogP contribution in [0.25, 0.3) is 0 Å². The molecule has 1 fully saturated rings. The van der Waals surface area contributed by atoms with Crippen molar-refractivity contribution in [1.82, 2.24) is 10.2 Å². The van der Waals surface area contributed by atoms with Crippen molar-refractivity contribution >= 4 is 23.8 Å². The van der Waals surface area contributed by atoms with Gasteiger partial charge in [0.1, 0.15) is 5.60 Å². The van der Waals surface area contributed by atoms with Gasteiger partial charge in [0.05, 0.1) is 6.42 Å². The van der Waals surface area contributed by atoms with Crippen LogP contribution in [-0.4, -0.2) is 47.4 Å². The molecule has 5 nitrogen and oxygen atoms in total. The fraction of sp³-hybridized carbons (Fsp3) is 0.600. The Balaban J connectivity index is 1.84. The SMILES string of the molecule is CSc1ccc(CC(=O)NC2(C)CCN(C(=O)OC(C)(C)C)CC2)cc1. The first-order valence-corrected chi connectivity index (χ1v) is 10.2. The molecule has 1 aromatic carbocycles. The molecule has 1 heterocycles. The highest BCUT2D eigenvalue weighted by Gasteiger charge is 2.34. The van der Waals surface area contributed by atoms with E-state index < -0.39 is 5.60 Å². The number of nitrogens with one attached hydrogen (secondary N) is 1. The minimum Gasteiger partial charge on any atom is -0.444 e. The molecular weight excluding hydrogens is 348 g/mol. The lowest BCUT2D eigenvalue weighted by atomic mass is 9.89. The van der Waals surface area contributed by atoms with E-state index in [4.69, 9.17) is 4.74 Å². The zero-order chi connectivity index (χ0) is 19.4. The van der Waals surface area contributed by atoms with Gasteiger partial charge in [0, 0.05) is 23.5 Å². The summed E-state index contributed by atoms with van der Waals surface area (Å²) in [4.78, 5) is 27.5. The van der Waals surface area contributed by atoms with Gasteiger partial charge in [0.2, 0.25) is 5.91 Å². The van der Waals surface area contributed by atoms with Crippen LogP contribution in [0.15, 0.2) is 29.2 Å². The normalized spacial score (nSPS) is 16.9. The molecule has 1 aliphatic heterocycles. The smallest absolute Gasteiger partial charge is 0.410 e. The van der Waals surface area contributed by atoms with Crippen LogP contribution in [0.4, 0.5) is 4.79 Å². The maximum absolute atomic E-state index is 12.4. The van der Waals surface area contributed by atoms with Crippen LogP contribution in [0.5, 0.6) is 0 Å². The lowest BCUT2D eigenvalue weighted by Gasteiger charge is -2.40. The maximum Gasteiger partial charge on any atom is 0.410 e. The summed E-state index contributed by atoms with van der Waals surface area (Å²) in [6.07, 6.45) is 3.58. The lowest BCUT2D eigenvalue weighted by molar-refractivity contribution is -0.122. The number of likely N-dealkylation sites (tertiary alicyclic amines) is 1. The Morgan fingerprint density at radius 2 is 1.77 bits per heavy atom. The highest BCUT2D eigenvalue weighted by molar-refractivity contribution is 7.98. The van der Waals surface area contributed by atoms with Crippen LogP contribution >= 0.6 is 11.8 Å². The zero-order valence-corrected chi connectivity index (χ0v) is 17.2. The third-order valence-electron chi connectivity index (χ3n) is 4.48. The monoisotopic (exact) mass is 378 g/mol. The van der Waals surface area contributed by atoms with Gasteiger partial charge in [-0.05, 0) is 64.5 Å². The second kappa shape index (κ2) is 8.33. The summed E-state index contributed by atoms with van der Waals surface area (Å²) in [5, 5.41) is 3.16. The molecule has 0 aromatic heterocycles. The van der Waals surface area contributed by atoms with E-state index in [1.165, 1.54) is 4.90 Å². The second-order valence-electron chi connectivity index (χ2n) is 8.10. The molecule has 0 aliphatic carbocycles. The number of benzene rings is 1. The molecule has 0 saturated carbocycles. The number of ether oxygens (including phenoxy) is 1. The molecule has 26 heavy (non-hydrogen) atoms. The fourth-order valence-electron chi connectivity index (χ4n) is 2.94. The van der Waals surface area contributed by atoms with E-state index in [0.29, 0.717) is 19.5 Å². The number of nitrogens with zero attached hydrogens (tertiary/aromatic N) is 1. The first-order valence-electron chi connectivity index (χ1n) is 9.02. The number of carbonyl (C=O) groups excluding carboxylic acids is 2. The zero-order valence-electron chi connectivity index (χ0n) is 16.4. The van der Waals surface area contributed by atoms with Gasteiger partial charge in [0.15, 0.2) is 0 Å². The van der Waals surface area contributed by atoms with Crippen molar-refractivity contribution in [2.45, 2.75) is 63.0 Å². The van der Waals surface area contributed by atoms with Gasteiger partial charge < -0.3 is 15.0 Å². The molecule has 0 spiro atoms. The van der Waals surface area contributed by atoms with Crippen molar-refractivity contribution in [2.75, 3.05) is 19.3 Å². The number of hydrogen-bond donors (Lipinski definition) is 1. The predicted octanol–water partition coefficient (Wildman–Crippen LogP) is 3.86. The maximum atomic E-state index is 12.4. The van der Waals surface area contributed by atoms with Crippen LogP contribution in [0.2, 0.25) is 0 Å². The van der Waals surface area contributed by atoms with Crippen molar-refractivity contribution in [2.24, 2.45) is 0 Å². The van der Waals surface area contributed by atoms with E-state index in [9.17, 15) is 9.59 Å². The average Bonchev–Trinajstić information content (AvgIpc) is 2.54. The van der Waals surface area contributed by atoms with Crippen LogP contribution in [-0.2, 0) is 16.0 Å². The number of hydrogen-bond acceptors (Lipinski definition) is 4. The van der Waals surface area contributed by atoms with Gasteiger partial charge in [-0.25, -0.2) is 4.79 Å². The van der Waals surface area contributed by atoms with E-state index in [0.717, 1.165) is 18.4 Å². The minimum absolute atomic E-state index is 0.0233. The predicted molar refractivity (Wildman–Crippen MR) is 106 cm³/mol. The molecule has 6 heteroatoms. The van der Waals surface area contributed by atoms with Gasteiger partial charge in [-0.2, -0.15) is 0 Å². The van der Waals surface area contributed by atoms with E-state index in [1.54, 1.807) is 16.7 Å². The van der Waals surface area contributed by atoms with Gasteiger partial charge in [-0.15, -0.1) is 11.8 Å². The molecule has 1 aliphatic rings. The Bertz CT molecular complexity index is 629. The molecule has 0 radical (unpaired) electrons. The lowest BCUT2D eigenvalue weighted by Crippen LogP contribution is -2.55. The molecule has 0 bridgehead atoms. The van der Waals surface area contributed by atoms with Crippen molar-refractivity contribution in [3.63, 3.8) is 0 Å². The summed E-state index contributed by atoms with van der Waals surface area (Å²) >= 11 is 1.69. The number of carbonyl (C=O) groups is 2. The van der Waals surface area contributed by atoms with Crippen molar-refractivity contribution in [3.8, 4) is 0 Å². The summed E-state index contributed by atoms with van der Waals surface area (Å²) in [7, 11) is 0. The number of thioether (sulfide) groups is 1. The van der Waals surface area contributed by atoms with Gasteiger partial charge in [-0.3, -0.25) is 4.79 Å². The van der Waals surface area contributed by atoms with E-state index in [-0.39, 0.29) is 17.5 Å². The van der Waals surface area contributed by atoms with Crippen molar-refractivity contribution in [3.05, 3.63) is 29.8 Å². The van der Waals surface area contributed by atoms with Crippen LogP contribution in [0, 0.1) is 0 Å². The summed E-state index contributed by atoms with van der Waals surface area (Å²) in [5.41, 5.74) is 0.238. The third kappa shape index (κ3) is 6.24. The van der Waals surface area contributed by atoms with E-state index in [2.05, 4.69) is 5.32 Å². The summed E-state index contributed by atoms with van der Waals surface area (Å²) in [6, 6.07) is 8.07. The Kier molecular flexibility index (Phi) is 6.61. The van der Waals surface area contributed by atoms with Crippen LogP contribution < -0.4 is 5.32 Å². The summed E-state index contributed by atoms with van der Waals surface area (Å²) in [5.74, 6) is 0.0233. The minimum atomic E-state index is -0.488. The van der Waals surface area contributed by atoms with Gasteiger partial charge in [0.25, 0.3) is 0 Å². The van der Waals surface area contributed by atoms with Crippen LogP contribution in [0.1, 0.15) is 46.1 Å². The molecule has 0 unspecified atom stereocenters. The highest BCUT2D eigenvalue weighted by Crippen LogP contribution is 2.23. The summed E-state index contributed by atoms with van der Waals surface area (Å²) in [6.45, 7) is 8.83. The second-order valence-corrected chi connectivity index (χ2v) is 8.98. The number of rotatable bonds is 4. The molecule has 0 atom stereocenters. The fourth-order valence-corrected chi connectivity index (χ4v) is 3.35. The molecule has 2 amide bonds. The number of amides is 2. The summed E-state index contributed by atoms with van der Waals surface area (Å²) < 4.78 is 5.42.